The van der Waals surface area contributed by atoms with Gasteiger partial charge in [-0.3, -0.25) is 0 Å². The van der Waals surface area contributed by atoms with E-state index in [2.05, 4.69) is 0 Å². The Labute approximate surface area is 146 Å². The van der Waals surface area contributed by atoms with E-state index in [4.69, 9.17) is 28.4 Å². The molecule has 25 heavy (non-hydrogen) atoms. The molecule has 0 radical (unpaired) electrons. The number of hydrogen-bond acceptors (Lipinski definition) is 6. The van der Waals surface area contributed by atoms with Gasteiger partial charge in [0, 0.05) is 0 Å². The van der Waals surface area contributed by atoms with E-state index >= 15 is 0 Å². The highest BCUT2D eigenvalue weighted by molar-refractivity contribution is 5.32. The van der Waals surface area contributed by atoms with E-state index < -0.39 is 0 Å². The summed E-state index contributed by atoms with van der Waals surface area (Å²) in [6, 6.07) is 14.9. The lowest BCUT2D eigenvalue weighted by Crippen LogP contribution is -2.06. The molecule has 0 amide bonds. The number of hydrogen-bond donors (Lipinski definition) is 0. The predicted molar refractivity (Wildman–Crippen MR) is 89.5 cm³/mol. The Morgan fingerprint density at radius 1 is 0.600 bits per heavy atom. The minimum Gasteiger partial charge on any atom is -0.491 e. The molecule has 0 N–H and O–H groups in total. The van der Waals surface area contributed by atoms with Gasteiger partial charge in [0.05, 0.1) is 13.2 Å². The van der Waals surface area contributed by atoms with Gasteiger partial charge in [0.1, 0.15) is 48.4 Å². The summed E-state index contributed by atoms with van der Waals surface area (Å²) in [4.78, 5) is 0. The second-order valence-electron chi connectivity index (χ2n) is 5.88. The van der Waals surface area contributed by atoms with E-state index in [1.165, 1.54) is 0 Å². The minimum atomic E-state index is 0.131. The maximum absolute atomic E-state index is 5.58. The zero-order chi connectivity index (χ0) is 16.9. The molecule has 2 heterocycles. The molecule has 2 fully saturated rings. The number of ether oxygens (including phenoxy) is 6. The van der Waals surface area contributed by atoms with Gasteiger partial charge >= 0.3 is 0 Å². The normalized spacial score (nSPS) is 20.6. The van der Waals surface area contributed by atoms with Crippen LogP contribution in [-0.2, 0) is 9.47 Å². The SMILES string of the molecule is c1cc(OCC2CO2)ccc1OCOc1ccc(OCC2CO2)cc1. The van der Waals surface area contributed by atoms with Crippen LogP contribution in [0.25, 0.3) is 0 Å². The van der Waals surface area contributed by atoms with E-state index in [0.717, 1.165) is 36.2 Å². The van der Waals surface area contributed by atoms with Gasteiger partial charge in [-0.1, -0.05) is 0 Å². The fourth-order valence-electron chi connectivity index (χ4n) is 2.14. The first-order valence-electron chi connectivity index (χ1n) is 8.30. The molecule has 0 saturated carbocycles. The smallest absolute Gasteiger partial charge is 0.230 e. The van der Waals surface area contributed by atoms with Crippen LogP contribution in [0.2, 0.25) is 0 Å². The Kier molecular flexibility index (Phi) is 4.90. The van der Waals surface area contributed by atoms with Crippen molar-refractivity contribution in [2.45, 2.75) is 12.2 Å². The average Bonchev–Trinajstić information content (AvgIpc) is 3.55. The molecule has 0 spiro atoms. The zero-order valence-corrected chi connectivity index (χ0v) is 13.8. The van der Waals surface area contributed by atoms with Gasteiger partial charge in [-0.15, -0.1) is 0 Å². The second kappa shape index (κ2) is 7.63. The van der Waals surface area contributed by atoms with Crippen molar-refractivity contribution in [2.75, 3.05) is 33.2 Å². The van der Waals surface area contributed by atoms with Gasteiger partial charge in [0.15, 0.2) is 0 Å². The van der Waals surface area contributed by atoms with Crippen LogP contribution in [0, 0.1) is 0 Å². The first-order chi connectivity index (χ1) is 12.3. The maximum atomic E-state index is 5.58. The standard InChI is InChI=1S/C19H20O6/c1-5-16(6-2-14(1)20-9-18-11-22-18)24-13-25-17-7-3-15(4-8-17)21-10-19-12-23-19/h1-8,18-19H,9-13H2. The largest absolute Gasteiger partial charge is 0.491 e. The third kappa shape index (κ3) is 5.27. The van der Waals surface area contributed by atoms with Crippen LogP contribution in [0.3, 0.4) is 0 Å². The van der Waals surface area contributed by atoms with Crippen molar-refractivity contribution >= 4 is 0 Å². The van der Waals surface area contributed by atoms with Crippen molar-refractivity contribution in [3.63, 3.8) is 0 Å². The first-order valence-corrected chi connectivity index (χ1v) is 8.30. The Morgan fingerprint density at radius 2 is 0.920 bits per heavy atom. The molecule has 2 aromatic rings. The zero-order valence-electron chi connectivity index (χ0n) is 13.8. The van der Waals surface area contributed by atoms with Crippen molar-refractivity contribution in [3.8, 4) is 23.0 Å². The summed E-state index contributed by atoms with van der Waals surface area (Å²) in [6.45, 7) is 2.90. The van der Waals surface area contributed by atoms with Crippen LogP contribution in [0.1, 0.15) is 0 Å². The molecule has 0 aromatic heterocycles. The summed E-state index contributed by atoms with van der Waals surface area (Å²) in [7, 11) is 0. The Morgan fingerprint density at radius 3 is 1.24 bits per heavy atom. The number of epoxide rings is 2. The molecule has 6 nitrogen and oxygen atoms in total. The van der Waals surface area contributed by atoms with Gasteiger partial charge in [0.25, 0.3) is 0 Å². The molecule has 2 aromatic carbocycles. The van der Waals surface area contributed by atoms with Crippen LogP contribution in [-0.4, -0.2) is 45.4 Å². The minimum absolute atomic E-state index is 0.131. The van der Waals surface area contributed by atoms with Crippen molar-refractivity contribution < 1.29 is 28.4 Å². The molecule has 4 rings (SSSR count). The topological polar surface area (TPSA) is 62.0 Å². The molecule has 132 valence electrons. The maximum Gasteiger partial charge on any atom is 0.230 e. The quantitative estimate of drug-likeness (QED) is 0.488. The van der Waals surface area contributed by atoms with Crippen molar-refractivity contribution in [2.24, 2.45) is 0 Å². The van der Waals surface area contributed by atoms with Gasteiger partial charge < -0.3 is 28.4 Å². The molecule has 2 aliphatic heterocycles. The molecule has 2 atom stereocenters. The van der Waals surface area contributed by atoms with Crippen LogP contribution in [0.5, 0.6) is 23.0 Å². The summed E-state index contributed by atoms with van der Waals surface area (Å²) >= 11 is 0. The Bertz CT molecular complexity index is 602. The van der Waals surface area contributed by atoms with Crippen LogP contribution in [0.15, 0.2) is 48.5 Å². The summed E-state index contributed by atoms with van der Waals surface area (Å²) in [5.41, 5.74) is 0. The highest BCUT2D eigenvalue weighted by Crippen LogP contribution is 2.21. The predicted octanol–water partition coefficient (Wildman–Crippen LogP) is 2.66. The van der Waals surface area contributed by atoms with E-state index in [0.29, 0.717) is 13.2 Å². The van der Waals surface area contributed by atoms with Gasteiger partial charge in [-0.25, -0.2) is 0 Å². The highest BCUT2D eigenvalue weighted by atomic mass is 16.7. The van der Waals surface area contributed by atoms with Gasteiger partial charge in [-0.05, 0) is 48.5 Å². The Balaban J connectivity index is 1.17. The fraction of sp³-hybridized carbons (Fsp3) is 0.368. The number of rotatable bonds is 10. The van der Waals surface area contributed by atoms with Crippen LogP contribution < -0.4 is 18.9 Å². The third-order valence-electron chi connectivity index (χ3n) is 3.78. The summed E-state index contributed by atoms with van der Waals surface area (Å²) < 4.78 is 32.5. The lowest BCUT2D eigenvalue weighted by Gasteiger charge is -2.10. The van der Waals surface area contributed by atoms with Gasteiger partial charge in [-0.2, -0.15) is 0 Å². The summed E-state index contributed by atoms with van der Waals surface area (Å²) in [6.07, 6.45) is 0.506. The Hall–Kier alpha value is -2.44. The molecular formula is C19H20O6. The average molecular weight is 344 g/mol. The number of benzene rings is 2. The summed E-state index contributed by atoms with van der Waals surface area (Å²) in [5.74, 6) is 3.05. The first kappa shape index (κ1) is 16.1. The molecule has 6 heteroatoms. The molecule has 2 saturated heterocycles. The molecule has 0 bridgehead atoms. The van der Waals surface area contributed by atoms with Crippen molar-refractivity contribution in [1.82, 2.24) is 0 Å². The van der Waals surface area contributed by atoms with Crippen LogP contribution in [0.4, 0.5) is 0 Å². The van der Waals surface area contributed by atoms with E-state index in [1.54, 1.807) is 0 Å². The van der Waals surface area contributed by atoms with Crippen molar-refractivity contribution in [1.29, 1.82) is 0 Å². The molecule has 2 unspecified atom stereocenters. The van der Waals surface area contributed by atoms with Gasteiger partial charge in [0.2, 0.25) is 6.79 Å². The molecular weight excluding hydrogens is 324 g/mol. The van der Waals surface area contributed by atoms with Crippen molar-refractivity contribution in [3.05, 3.63) is 48.5 Å². The lowest BCUT2D eigenvalue weighted by molar-refractivity contribution is 0.119. The van der Waals surface area contributed by atoms with E-state index in [1.807, 2.05) is 48.5 Å². The molecule has 2 aliphatic rings. The lowest BCUT2D eigenvalue weighted by atomic mass is 10.3. The van der Waals surface area contributed by atoms with E-state index in [-0.39, 0.29) is 19.0 Å². The second-order valence-corrected chi connectivity index (χ2v) is 5.88. The fourth-order valence-corrected chi connectivity index (χ4v) is 2.14. The highest BCUT2D eigenvalue weighted by Gasteiger charge is 2.23. The molecule has 0 aliphatic carbocycles. The third-order valence-corrected chi connectivity index (χ3v) is 3.78. The van der Waals surface area contributed by atoms with E-state index in [9.17, 15) is 0 Å². The monoisotopic (exact) mass is 344 g/mol. The van der Waals surface area contributed by atoms with Crippen LogP contribution >= 0.6 is 0 Å². The summed E-state index contributed by atoms with van der Waals surface area (Å²) in [5, 5.41) is 0.